The minimum atomic E-state index is -0.896. The Hall–Kier alpha value is -3.26. The number of carbonyl (C=O) groups is 2. The zero-order valence-electron chi connectivity index (χ0n) is 14.4. The lowest BCUT2D eigenvalue weighted by molar-refractivity contribution is -0.118. The molecule has 0 fully saturated rings. The van der Waals surface area contributed by atoms with Crippen molar-refractivity contribution in [3.05, 3.63) is 70.9 Å². The number of primary amides is 1. The highest BCUT2D eigenvalue weighted by atomic mass is 32.1. The number of aromatic nitrogens is 1. The molecule has 0 spiro atoms. The van der Waals surface area contributed by atoms with Crippen LogP contribution in [0.2, 0.25) is 0 Å². The molecule has 138 valence electrons. The number of halogens is 1. The maximum atomic E-state index is 14.4. The van der Waals surface area contributed by atoms with E-state index in [4.69, 9.17) is 11.5 Å². The summed E-state index contributed by atoms with van der Waals surface area (Å²) in [4.78, 5) is 30.3. The summed E-state index contributed by atoms with van der Waals surface area (Å²) in [5, 5.41) is 0.211. The van der Waals surface area contributed by atoms with Gasteiger partial charge in [0.15, 0.2) is 5.13 Å². The molecule has 0 radical (unpaired) electrons. The summed E-state index contributed by atoms with van der Waals surface area (Å²) in [5.74, 6) is -1.49. The number of thiazole rings is 1. The van der Waals surface area contributed by atoms with E-state index in [1.54, 1.807) is 36.4 Å². The molecule has 0 aliphatic carbocycles. The zero-order valence-corrected chi connectivity index (χ0v) is 15.2. The largest absolute Gasteiger partial charge is 0.382 e. The van der Waals surface area contributed by atoms with Crippen molar-refractivity contribution in [1.29, 1.82) is 0 Å². The maximum Gasteiger partial charge on any atom is 0.240 e. The number of carbonyl (C=O) groups excluding carboxylic acids is 2. The number of nitrogens with two attached hydrogens (primary N) is 2. The van der Waals surface area contributed by atoms with E-state index in [9.17, 15) is 14.0 Å². The van der Waals surface area contributed by atoms with Crippen molar-refractivity contribution in [1.82, 2.24) is 4.98 Å². The summed E-state index contributed by atoms with van der Waals surface area (Å²) in [5.41, 5.74) is 12.0. The summed E-state index contributed by atoms with van der Waals surface area (Å²) in [7, 11) is 0. The van der Waals surface area contributed by atoms with Crippen LogP contribution in [0, 0.1) is 5.82 Å². The molecule has 4 N–H and O–H groups in total. The van der Waals surface area contributed by atoms with Gasteiger partial charge >= 0.3 is 0 Å². The van der Waals surface area contributed by atoms with Crippen LogP contribution in [0.4, 0.5) is 21.0 Å². The van der Waals surface area contributed by atoms with Gasteiger partial charge in [0, 0.05) is 5.56 Å². The monoisotopic (exact) mass is 384 g/mol. The number of hydrogen-bond donors (Lipinski definition) is 2. The van der Waals surface area contributed by atoms with Crippen LogP contribution in [0.15, 0.2) is 54.6 Å². The fourth-order valence-corrected chi connectivity index (χ4v) is 3.60. The number of rotatable bonds is 6. The van der Waals surface area contributed by atoms with Gasteiger partial charge in [-0.3, -0.25) is 9.59 Å². The maximum absolute atomic E-state index is 14.4. The smallest absolute Gasteiger partial charge is 0.240 e. The molecule has 1 heterocycles. The molecule has 1 amide bonds. The lowest BCUT2D eigenvalue weighted by Crippen LogP contribution is -2.40. The number of ketones is 1. The summed E-state index contributed by atoms with van der Waals surface area (Å²) in [6.45, 7) is 1.53. The molecule has 8 heteroatoms. The van der Waals surface area contributed by atoms with Crippen LogP contribution in [-0.4, -0.2) is 22.7 Å². The molecular formula is C19H17FN4O2S. The minimum Gasteiger partial charge on any atom is -0.382 e. The van der Waals surface area contributed by atoms with Gasteiger partial charge in [-0.25, -0.2) is 9.37 Å². The molecule has 0 bridgehead atoms. The quantitative estimate of drug-likeness (QED) is 0.636. The fraction of sp³-hybridized carbons (Fsp3) is 0.105. The number of anilines is 3. The van der Waals surface area contributed by atoms with Gasteiger partial charge in [0.1, 0.15) is 22.6 Å². The molecule has 0 saturated heterocycles. The molecule has 1 atom stereocenters. The van der Waals surface area contributed by atoms with E-state index in [0.717, 1.165) is 11.3 Å². The molecule has 0 saturated carbocycles. The predicted molar refractivity (Wildman–Crippen MR) is 104 cm³/mol. The van der Waals surface area contributed by atoms with E-state index in [-0.39, 0.29) is 27.3 Å². The Bertz CT molecular complexity index is 990. The molecule has 0 unspecified atom stereocenters. The van der Waals surface area contributed by atoms with Gasteiger partial charge in [-0.2, -0.15) is 0 Å². The van der Waals surface area contributed by atoms with Gasteiger partial charge in [-0.15, -0.1) is 0 Å². The summed E-state index contributed by atoms with van der Waals surface area (Å²) in [6.07, 6.45) is 0. The van der Waals surface area contributed by atoms with Crippen molar-refractivity contribution < 1.29 is 14.0 Å². The van der Waals surface area contributed by atoms with Crippen LogP contribution in [0.25, 0.3) is 0 Å². The first-order chi connectivity index (χ1) is 12.9. The fourth-order valence-electron chi connectivity index (χ4n) is 2.56. The predicted octanol–water partition coefficient (Wildman–Crippen LogP) is 3.11. The van der Waals surface area contributed by atoms with Crippen LogP contribution < -0.4 is 16.4 Å². The van der Waals surface area contributed by atoms with Gasteiger partial charge in [0.25, 0.3) is 0 Å². The average Bonchev–Trinajstić information content (AvgIpc) is 3.04. The Morgan fingerprint density at radius 2 is 1.74 bits per heavy atom. The van der Waals surface area contributed by atoms with Crippen LogP contribution >= 0.6 is 11.3 Å². The molecule has 3 aromatic rings. The molecule has 0 aliphatic heterocycles. The first kappa shape index (κ1) is 18.5. The standard InChI is InChI=1S/C19H17FN4O2S/c1-11(18(22)26)24(14-10-6-5-9-13(14)20)19-23-17(21)16(27-19)15(25)12-7-3-2-4-8-12/h2-11H,21H2,1H3,(H2,22,26)/t11-/m1/s1. The number of amides is 1. The summed E-state index contributed by atoms with van der Waals surface area (Å²) >= 11 is 0.986. The number of nitrogen functional groups attached to an aromatic ring is 1. The normalized spacial score (nSPS) is 11.8. The van der Waals surface area contributed by atoms with E-state index >= 15 is 0 Å². The first-order valence-electron chi connectivity index (χ1n) is 8.09. The molecule has 27 heavy (non-hydrogen) atoms. The SMILES string of the molecule is C[C@H](C(N)=O)N(c1nc(N)c(C(=O)c2ccccc2)s1)c1ccccc1F. The van der Waals surface area contributed by atoms with Gasteiger partial charge < -0.3 is 16.4 Å². The molecule has 6 nitrogen and oxygen atoms in total. The third-order valence-corrected chi connectivity index (χ3v) is 5.07. The number of hydrogen-bond acceptors (Lipinski definition) is 6. The van der Waals surface area contributed by atoms with Crippen molar-refractivity contribution in [3.8, 4) is 0 Å². The molecule has 2 aromatic carbocycles. The number of nitrogens with zero attached hydrogens (tertiary/aromatic N) is 2. The highest BCUT2D eigenvalue weighted by Crippen LogP contribution is 2.36. The number of para-hydroxylation sites is 1. The number of benzene rings is 2. The van der Waals surface area contributed by atoms with Crippen LogP contribution in [0.3, 0.4) is 0 Å². The van der Waals surface area contributed by atoms with E-state index in [2.05, 4.69) is 4.98 Å². The van der Waals surface area contributed by atoms with Gasteiger partial charge in [0.05, 0.1) is 5.69 Å². The second-order valence-electron chi connectivity index (χ2n) is 5.81. The third kappa shape index (κ3) is 3.65. The Balaban J connectivity index is 2.08. The molecular weight excluding hydrogens is 367 g/mol. The van der Waals surface area contributed by atoms with Gasteiger partial charge in [0.2, 0.25) is 11.7 Å². The average molecular weight is 384 g/mol. The zero-order chi connectivity index (χ0) is 19.6. The molecule has 1 aromatic heterocycles. The Morgan fingerprint density at radius 1 is 1.11 bits per heavy atom. The van der Waals surface area contributed by atoms with Crippen molar-refractivity contribution in [2.24, 2.45) is 5.73 Å². The van der Waals surface area contributed by atoms with Crippen LogP contribution in [-0.2, 0) is 4.79 Å². The Kier molecular flexibility index (Phi) is 5.18. The van der Waals surface area contributed by atoms with Gasteiger partial charge in [-0.05, 0) is 19.1 Å². The third-order valence-electron chi connectivity index (χ3n) is 4.00. The van der Waals surface area contributed by atoms with Crippen molar-refractivity contribution in [2.75, 3.05) is 10.6 Å². The lowest BCUT2D eigenvalue weighted by Gasteiger charge is -2.26. The minimum absolute atomic E-state index is 0.0156. The van der Waals surface area contributed by atoms with Crippen LogP contribution in [0.1, 0.15) is 22.2 Å². The van der Waals surface area contributed by atoms with E-state index in [0.29, 0.717) is 5.56 Å². The summed E-state index contributed by atoms with van der Waals surface area (Å²) in [6, 6.07) is 13.7. The molecule has 3 rings (SSSR count). The van der Waals surface area contributed by atoms with E-state index in [1.165, 1.54) is 30.0 Å². The Morgan fingerprint density at radius 3 is 2.37 bits per heavy atom. The summed E-state index contributed by atoms with van der Waals surface area (Å²) < 4.78 is 14.4. The second-order valence-corrected chi connectivity index (χ2v) is 6.78. The van der Waals surface area contributed by atoms with E-state index < -0.39 is 17.8 Å². The Labute approximate surface area is 159 Å². The van der Waals surface area contributed by atoms with Crippen molar-refractivity contribution in [2.45, 2.75) is 13.0 Å². The van der Waals surface area contributed by atoms with Crippen molar-refractivity contribution >= 4 is 39.7 Å². The van der Waals surface area contributed by atoms with Crippen LogP contribution in [0.5, 0.6) is 0 Å². The van der Waals surface area contributed by atoms with E-state index in [1.807, 2.05) is 0 Å². The highest BCUT2D eigenvalue weighted by Gasteiger charge is 2.28. The van der Waals surface area contributed by atoms with Gasteiger partial charge in [-0.1, -0.05) is 53.8 Å². The lowest BCUT2D eigenvalue weighted by atomic mass is 10.1. The topological polar surface area (TPSA) is 102 Å². The first-order valence-corrected chi connectivity index (χ1v) is 8.91. The van der Waals surface area contributed by atoms with Crippen molar-refractivity contribution in [3.63, 3.8) is 0 Å². The second kappa shape index (κ2) is 7.55. The molecule has 0 aliphatic rings. The highest BCUT2D eigenvalue weighted by molar-refractivity contribution is 7.18.